The lowest BCUT2D eigenvalue weighted by molar-refractivity contribution is 0.0600. The number of nitrogens with one attached hydrogen (secondary N) is 2. The first kappa shape index (κ1) is 14.8. The third-order valence-corrected chi connectivity index (χ3v) is 3.56. The van der Waals surface area contributed by atoms with Crippen molar-refractivity contribution in [1.29, 1.82) is 0 Å². The Bertz CT molecular complexity index is 896. The van der Waals surface area contributed by atoms with Crippen molar-refractivity contribution in [2.24, 2.45) is 0 Å². The summed E-state index contributed by atoms with van der Waals surface area (Å²) in [5.74, 6) is -0.706. The van der Waals surface area contributed by atoms with Gasteiger partial charge in [-0.15, -0.1) is 0 Å². The first-order chi connectivity index (χ1) is 11.1. The minimum atomic E-state index is -0.442. The van der Waals surface area contributed by atoms with E-state index in [1.54, 1.807) is 30.3 Å². The number of carbonyl (C=O) groups is 2. The summed E-state index contributed by atoms with van der Waals surface area (Å²) in [4.78, 5) is 27.0. The Hall–Kier alpha value is -3.08. The smallest absolute Gasteiger partial charge is 0.337 e. The second-order valence-electron chi connectivity index (χ2n) is 5.30. The van der Waals surface area contributed by atoms with Crippen molar-refractivity contribution in [3.63, 3.8) is 0 Å². The average molecular weight is 308 g/mol. The van der Waals surface area contributed by atoms with Crippen LogP contribution in [0.4, 0.5) is 5.69 Å². The topological polar surface area (TPSA) is 71.2 Å². The number of amides is 1. The summed E-state index contributed by atoms with van der Waals surface area (Å²) in [6, 6.07) is 14.4. The maximum absolute atomic E-state index is 12.4. The Morgan fingerprint density at radius 2 is 1.91 bits per heavy atom. The molecule has 0 saturated heterocycles. The van der Waals surface area contributed by atoms with Gasteiger partial charge in [-0.25, -0.2) is 4.79 Å². The Balaban J connectivity index is 1.84. The number of aromatic nitrogens is 1. The number of esters is 1. The molecule has 0 bridgehead atoms. The van der Waals surface area contributed by atoms with Crippen LogP contribution in [0.2, 0.25) is 0 Å². The monoisotopic (exact) mass is 308 g/mol. The lowest BCUT2D eigenvalue weighted by atomic mass is 10.2. The molecule has 3 aromatic rings. The zero-order valence-electron chi connectivity index (χ0n) is 12.8. The molecule has 0 spiro atoms. The van der Waals surface area contributed by atoms with E-state index in [0.717, 1.165) is 16.5 Å². The predicted octanol–water partition coefficient (Wildman–Crippen LogP) is 3.52. The molecule has 0 aliphatic carbocycles. The van der Waals surface area contributed by atoms with Crippen LogP contribution in [0.5, 0.6) is 0 Å². The molecule has 2 aromatic carbocycles. The van der Waals surface area contributed by atoms with Crippen LogP contribution in [0.1, 0.15) is 26.4 Å². The van der Waals surface area contributed by atoms with Gasteiger partial charge < -0.3 is 15.0 Å². The quantitative estimate of drug-likeness (QED) is 0.727. The Kier molecular flexibility index (Phi) is 3.85. The van der Waals surface area contributed by atoms with Gasteiger partial charge in [0.25, 0.3) is 5.91 Å². The summed E-state index contributed by atoms with van der Waals surface area (Å²) < 4.78 is 4.67. The standard InChI is InChI=1S/C18H16N2O3/c1-11-6-7-12-10-16(20-15(12)8-11)17(21)19-14-5-3-4-13(9-14)18(22)23-2/h3-10,20H,1-2H3,(H,19,21). The number of anilines is 1. The van der Waals surface area contributed by atoms with E-state index in [9.17, 15) is 9.59 Å². The van der Waals surface area contributed by atoms with Crippen molar-refractivity contribution in [2.45, 2.75) is 6.92 Å². The second-order valence-corrected chi connectivity index (χ2v) is 5.30. The lowest BCUT2D eigenvalue weighted by Crippen LogP contribution is -2.12. The number of hydrogen-bond donors (Lipinski definition) is 2. The molecule has 0 aliphatic heterocycles. The largest absolute Gasteiger partial charge is 0.465 e. The molecule has 116 valence electrons. The van der Waals surface area contributed by atoms with E-state index in [2.05, 4.69) is 15.0 Å². The van der Waals surface area contributed by atoms with Gasteiger partial charge in [-0.05, 0) is 42.8 Å². The van der Waals surface area contributed by atoms with Crippen molar-refractivity contribution in [1.82, 2.24) is 4.98 Å². The van der Waals surface area contributed by atoms with Crippen LogP contribution in [-0.4, -0.2) is 24.0 Å². The SMILES string of the molecule is COC(=O)c1cccc(NC(=O)c2cc3ccc(C)cc3[nH]2)c1. The summed E-state index contributed by atoms with van der Waals surface area (Å²) in [5, 5.41) is 3.75. The van der Waals surface area contributed by atoms with Gasteiger partial charge in [0.05, 0.1) is 12.7 Å². The number of fused-ring (bicyclic) bond motifs is 1. The van der Waals surface area contributed by atoms with Crippen LogP contribution < -0.4 is 5.32 Å². The van der Waals surface area contributed by atoms with Crippen LogP contribution in [-0.2, 0) is 4.74 Å². The van der Waals surface area contributed by atoms with E-state index >= 15 is 0 Å². The third kappa shape index (κ3) is 3.08. The Morgan fingerprint density at radius 1 is 1.09 bits per heavy atom. The highest BCUT2D eigenvalue weighted by atomic mass is 16.5. The molecule has 23 heavy (non-hydrogen) atoms. The van der Waals surface area contributed by atoms with Gasteiger partial charge in [0.15, 0.2) is 0 Å². The number of H-pyrrole nitrogens is 1. The summed E-state index contributed by atoms with van der Waals surface area (Å²) >= 11 is 0. The minimum absolute atomic E-state index is 0.263. The Labute approximate surface area is 133 Å². The van der Waals surface area contributed by atoms with Gasteiger partial charge in [-0.3, -0.25) is 4.79 Å². The summed E-state index contributed by atoms with van der Waals surface area (Å²) in [6.45, 7) is 2.00. The van der Waals surface area contributed by atoms with Crippen LogP contribution >= 0.6 is 0 Å². The van der Waals surface area contributed by atoms with Gasteiger partial charge in [0, 0.05) is 16.6 Å². The molecule has 0 saturated carbocycles. The Morgan fingerprint density at radius 3 is 2.70 bits per heavy atom. The fourth-order valence-corrected chi connectivity index (χ4v) is 2.40. The molecular weight excluding hydrogens is 292 g/mol. The number of methoxy groups -OCH3 is 1. The molecular formula is C18H16N2O3. The molecule has 1 aromatic heterocycles. The summed E-state index contributed by atoms with van der Waals surface area (Å²) in [7, 11) is 1.32. The molecule has 5 heteroatoms. The molecule has 0 radical (unpaired) electrons. The second kappa shape index (κ2) is 5.96. The zero-order chi connectivity index (χ0) is 16.4. The number of benzene rings is 2. The van der Waals surface area contributed by atoms with Crippen molar-refractivity contribution in [3.8, 4) is 0 Å². The van der Waals surface area contributed by atoms with Crippen LogP contribution in [0.25, 0.3) is 10.9 Å². The third-order valence-electron chi connectivity index (χ3n) is 3.56. The highest BCUT2D eigenvalue weighted by molar-refractivity contribution is 6.06. The molecule has 0 aliphatic rings. The van der Waals surface area contributed by atoms with Crippen molar-refractivity contribution in [3.05, 3.63) is 65.4 Å². The average Bonchev–Trinajstić information content (AvgIpc) is 2.97. The number of carbonyl (C=O) groups excluding carboxylic acids is 2. The molecule has 5 nitrogen and oxygen atoms in total. The first-order valence-corrected chi connectivity index (χ1v) is 7.16. The minimum Gasteiger partial charge on any atom is -0.465 e. The number of ether oxygens (including phenoxy) is 1. The number of hydrogen-bond acceptors (Lipinski definition) is 3. The van der Waals surface area contributed by atoms with E-state index in [0.29, 0.717) is 16.9 Å². The molecule has 0 atom stereocenters. The highest BCUT2D eigenvalue weighted by Crippen LogP contribution is 2.18. The number of aromatic amines is 1. The molecule has 3 rings (SSSR count). The van der Waals surface area contributed by atoms with E-state index < -0.39 is 5.97 Å². The van der Waals surface area contributed by atoms with Crippen molar-refractivity contribution >= 4 is 28.5 Å². The number of rotatable bonds is 3. The van der Waals surface area contributed by atoms with Crippen LogP contribution in [0, 0.1) is 6.92 Å². The van der Waals surface area contributed by atoms with E-state index in [4.69, 9.17) is 0 Å². The normalized spacial score (nSPS) is 10.5. The maximum Gasteiger partial charge on any atom is 0.337 e. The predicted molar refractivity (Wildman–Crippen MR) is 88.8 cm³/mol. The summed E-state index contributed by atoms with van der Waals surface area (Å²) in [5.41, 5.74) is 3.43. The van der Waals surface area contributed by atoms with Gasteiger partial charge in [-0.1, -0.05) is 18.2 Å². The molecule has 1 heterocycles. The van der Waals surface area contributed by atoms with E-state index in [1.165, 1.54) is 7.11 Å². The fourth-order valence-electron chi connectivity index (χ4n) is 2.40. The van der Waals surface area contributed by atoms with Gasteiger partial charge in [0.2, 0.25) is 0 Å². The van der Waals surface area contributed by atoms with Crippen LogP contribution in [0.3, 0.4) is 0 Å². The van der Waals surface area contributed by atoms with Gasteiger partial charge >= 0.3 is 5.97 Å². The molecule has 1 amide bonds. The fraction of sp³-hybridized carbons (Fsp3) is 0.111. The zero-order valence-corrected chi connectivity index (χ0v) is 12.8. The summed E-state index contributed by atoms with van der Waals surface area (Å²) in [6.07, 6.45) is 0. The van der Waals surface area contributed by atoms with Crippen LogP contribution in [0.15, 0.2) is 48.5 Å². The van der Waals surface area contributed by atoms with E-state index in [-0.39, 0.29) is 5.91 Å². The molecule has 0 fully saturated rings. The van der Waals surface area contributed by atoms with E-state index in [1.807, 2.05) is 25.1 Å². The first-order valence-electron chi connectivity index (χ1n) is 7.16. The maximum atomic E-state index is 12.4. The number of aryl methyl sites for hydroxylation is 1. The van der Waals surface area contributed by atoms with Gasteiger partial charge in [-0.2, -0.15) is 0 Å². The van der Waals surface area contributed by atoms with Crippen molar-refractivity contribution < 1.29 is 14.3 Å². The highest BCUT2D eigenvalue weighted by Gasteiger charge is 2.11. The lowest BCUT2D eigenvalue weighted by Gasteiger charge is -2.05. The van der Waals surface area contributed by atoms with Crippen molar-refractivity contribution in [2.75, 3.05) is 12.4 Å². The molecule has 0 unspecified atom stereocenters. The molecule has 2 N–H and O–H groups in total. The van der Waals surface area contributed by atoms with Gasteiger partial charge in [0.1, 0.15) is 5.69 Å².